The summed E-state index contributed by atoms with van der Waals surface area (Å²) in [5.41, 5.74) is 0.877. The lowest BCUT2D eigenvalue weighted by molar-refractivity contribution is -0.133. The molecule has 2 rings (SSSR count). The van der Waals surface area contributed by atoms with Crippen molar-refractivity contribution in [1.82, 2.24) is 20.5 Å². The highest BCUT2D eigenvalue weighted by Gasteiger charge is 2.23. The first-order valence-electron chi connectivity index (χ1n) is 7.92. The molecule has 1 unspecified atom stereocenters. The molecule has 7 heteroatoms. The van der Waals surface area contributed by atoms with E-state index in [2.05, 4.69) is 15.6 Å². The molecular formula is C16H24N4O3. The molecule has 2 N–H and O–H groups in total. The SMILES string of the molecule is COc1cc(CNC(=O)NC(C)C(=O)N2CCCCC2)ccn1. The zero-order valence-corrected chi connectivity index (χ0v) is 13.7. The van der Waals surface area contributed by atoms with E-state index in [-0.39, 0.29) is 11.9 Å². The van der Waals surface area contributed by atoms with Crippen molar-refractivity contribution >= 4 is 11.9 Å². The van der Waals surface area contributed by atoms with Crippen LogP contribution in [0.25, 0.3) is 0 Å². The van der Waals surface area contributed by atoms with Gasteiger partial charge in [0.05, 0.1) is 7.11 Å². The summed E-state index contributed by atoms with van der Waals surface area (Å²) in [7, 11) is 1.54. The number of carbonyl (C=O) groups is 2. The number of nitrogens with one attached hydrogen (secondary N) is 2. The standard InChI is InChI=1S/C16H24N4O3/c1-12(15(21)20-8-4-3-5-9-20)19-16(22)18-11-13-6-7-17-14(10-13)23-2/h6-7,10,12H,3-5,8-9,11H2,1-2H3,(H2,18,19,22). The number of hydrogen-bond donors (Lipinski definition) is 2. The van der Waals surface area contributed by atoms with Gasteiger partial charge in [0.15, 0.2) is 0 Å². The molecule has 0 radical (unpaired) electrons. The molecule has 2 heterocycles. The Morgan fingerprint density at radius 1 is 1.35 bits per heavy atom. The van der Waals surface area contributed by atoms with Crippen LogP contribution in [0.3, 0.4) is 0 Å². The third-order valence-electron chi connectivity index (χ3n) is 3.85. The summed E-state index contributed by atoms with van der Waals surface area (Å²) in [5.74, 6) is 0.476. The molecule has 1 aliphatic rings. The fraction of sp³-hybridized carbons (Fsp3) is 0.562. The first-order chi connectivity index (χ1) is 11.1. The van der Waals surface area contributed by atoms with Crippen molar-refractivity contribution in [2.24, 2.45) is 0 Å². The van der Waals surface area contributed by atoms with E-state index in [0.717, 1.165) is 31.5 Å². The van der Waals surface area contributed by atoms with Gasteiger partial charge < -0.3 is 20.3 Å². The summed E-state index contributed by atoms with van der Waals surface area (Å²) in [4.78, 5) is 30.0. The Bertz CT molecular complexity index is 544. The van der Waals surface area contributed by atoms with Gasteiger partial charge in [0.1, 0.15) is 6.04 Å². The zero-order chi connectivity index (χ0) is 16.7. The summed E-state index contributed by atoms with van der Waals surface area (Å²) in [6.45, 7) is 3.62. The van der Waals surface area contributed by atoms with Crippen LogP contribution in [-0.2, 0) is 11.3 Å². The smallest absolute Gasteiger partial charge is 0.315 e. The third-order valence-corrected chi connectivity index (χ3v) is 3.85. The van der Waals surface area contributed by atoms with Crippen molar-refractivity contribution in [3.05, 3.63) is 23.9 Å². The molecule has 0 aliphatic carbocycles. The Balaban J connectivity index is 1.78. The minimum absolute atomic E-state index is 0.0227. The average Bonchev–Trinajstić information content (AvgIpc) is 2.60. The van der Waals surface area contributed by atoms with Gasteiger partial charge in [-0.25, -0.2) is 9.78 Å². The van der Waals surface area contributed by atoms with Crippen LogP contribution in [0.5, 0.6) is 5.88 Å². The Labute approximate surface area is 136 Å². The number of rotatable bonds is 5. The van der Waals surface area contributed by atoms with Crippen molar-refractivity contribution in [2.75, 3.05) is 20.2 Å². The number of piperidine rings is 1. The van der Waals surface area contributed by atoms with Crippen molar-refractivity contribution < 1.29 is 14.3 Å². The first kappa shape index (κ1) is 17.1. The van der Waals surface area contributed by atoms with E-state index < -0.39 is 6.04 Å². The second kappa shape index (κ2) is 8.36. The Morgan fingerprint density at radius 3 is 2.78 bits per heavy atom. The van der Waals surface area contributed by atoms with Crippen molar-refractivity contribution in [3.8, 4) is 5.88 Å². The highest BCUT2D eigenvalue weighted by atomic mass is 16.5. The van der Waals surface area contributed by atoms with Crippen molar-refractivity contribution in [1.29, 1.82) is 0 Å². The maximum atomic E-state index is 12.2. The summed E-state index contributed by atoms with van der Waals surface area (Å²) in [6.07, 6.45) is 4.86. The molecule has 3 amide bonds. The molecule has 0 bridgehead atoms. The second-order valence-electron chi connectivity index (χ2n) is 5.64. The number of carbonyl (C=O) groups excluding carboxylic acids is 2. The fourth-order valence-electron chi connectivity index (χ4n) is 2.55. The first-order valence-corrected chi connectivity index (χ1v) is 7.92. The highest BCUT2D eigenvalue weighted by Crippen LogP contribution is 2.10. The van der Waals surface area contributed by atoms with Gasteiger partial charge >= 0.3 is 6.03 Å². The van der Waals surface area contributed by atoms with Gasteiger partial charge in [0.25, 0.3) is 0 Å². The minimum atomic E-state index is -0.528. The maximum absolute atomic E-state index is 12.2. The lowest BCUT2D eigenvalue weighted by Gasteiger charge is -2.29. The summed E-state index contributed by atoms with van der Waals surface area (Å²) >= 11 is 0. The van der Waals surface area contributed by atoms with Crippen LogP contribution in [0.1, 0.15) is 31.7 Å². The molecule has 1 aromatic rings. The zero-order valence-electron chi connectivity index (χ0n) is 13.7. The number of urea groups is 1. The van der Waals surface area contributed by atoms with Crippen molar-refractivity contribution in [3.63, 3.8) is 0 Å². The van der Waals surface area contributed by atoms with Gasteiger partial charge in [-0.15, -0.1) is 0 Å². The predicted octanol–water partition coefficient (Wildman–Crippen LogP) is 1.29. The average molecular weight is 320 g/mol. The van der Waals surface area contributed by atoms with Crippen LogP contribution in [0.2, 0.25) is 0 Å². The van der Waals surface area contributed by atoms with Crippen LogP contribution in [0.4, 0.5) is 4.79 Å². The Kier molecular flexibility index (Phi) is 6.19. The van der Waals surface area contributed by atoms with Crippen LogP contribution in [0.15, 0.2) is 18.3 Å². The van der Waals surface area contributed by atoms with Crippen molar-refractivity contribution in [2.45, 2.75) is 38.8 Å². The molecule has 1 aromatic heterocycles. The molecule has 0 saturated carbocycles. The van der Waals surface area contributed by atoms with E-state index in [1.807, 2.05) is 4.90 Å². The van der Waals surface area contributed by atoms with Crippen LogP contribution >= 0.6 is 0 Å². The third kappa shape index (κ3) is 5.12. The number of pyridine rings is 1. The Morgan fingerprint density at radius 2 is 2.09 bits per heavy atom. The van der Waals surface area contributed by atoms with E-state index in [4.69, 9.17) is 4.74 Å². The summed E-state index contributed by atoms with van der Waals surface area (Å²) in [5, 5.41) is 5.42. The molecule has 1 fully saturated rings. The van der Waals surface area contributed by atoms with Crippen LogP contribution in [0, 0.1) is 0 Å². The van der Waals surface area contributed by atoms with E-state index in [9.17, 15) is 9.59 Å². The largest absolute Gasteiger partial charge is 0.481 e. The van der Waals surface area contributed by atoms with E-state index in [1.54, 1.807) is 32.4 Å². The topological polar surface area (TPSA) is 83.6 Å². The number of hydrogen-bond acceptors (Lipinski definition) is 4. The molecule has 1 aliphatic heterocycles. The Hall–Kier alpha value is -2.31. The molecule has 1 atom stereocenters. The van der Waals surface area contributed by atoms with Crippen LogP contribution < -0.4 is 15.4 Å². The van der Waals surface area contributed by atoms with E-state index in [0.29, 0.717) is 12.4 Å². The summed E-state index contributed by atoms with van der Waals surface area (Å²) < 4.78 is 5.04. The number of likely N-dealkylation sites (tertiary alicyclic amines) is 1. The predicted molar refractivity (Wildman–Crippen MR) is 86.1 cm³/mol. The number of aromatic nitrogens is 1. The molecule has 0 spiro atoms. The molecule has 0 aromatic carbocycles. The molecule has 23 heavy (non-hydrogen) atoms. The van der Waals surface area contributed by atoms with Gasteiger partial charge in [0, 0.05) is 31.9 Å². The minimum Gasteiger partial charge on any atom is -0.481 e. The van der Waals surface area contributed by atoms with Gasteiger partial charge in [-0.3, -0.25) is 4.79 Å². The monoisotopic (exact) mass is 320 g/mol. The second-order valence-corrected chi connectivity index (χ2v) is 5.64. The quantitative estimate of drug-likeness (QED) is 0.856. The molecule has 1 saturated heterocycles. The van der Waals surface area contributed by atoms with Gasteiger partial charge in [-0.1, -0.05) is 0 Å². The normalized spacial score (nSPS) is 15.7. The number of amides is 3. The molecule has 126 valence electrons. The van der Waals surface area contributed by atoms with E-state index in [1.165, 1.54) is 6.42 Å². The van der Waals surface area contributed by atoms with Gasteiger partial charge in [-0.05, 0) is 37.8 Å². The lowest BCUT2D eigenvalue weighted by Crippen LogP contribution is -2.50. The number of methoxy groups -OCH3 is 1. The number of ether oxygens (including phenoxy) is 1. The van der Waals surface area contributed by atoms with Gasteiger partial charge in [-0.2, -0.15) is 0 Å². The molecular weight excluding hydrogens is 296 g/mol. The molecule has 7 nitrogen and oxygen atoms in total. The maximum Gasteiger partial charge on any atom is 0.315 e. The fourth-order valence-corrected chi connectivity index (χ4v) is 2.55. The lowest BCUT2D eigenvalue weighted by atomic mass is 10.1. The van der Waals surface area contributed by atoms with Gasteiger partial charge in [0.2, 0.25) is 11.8 Å². The highest BCUT2D eigenvalue weighted by molar-refractivity contribution is 5.86. The van der Waals surface area contributed by atoms with E-state index >= 15 is 0 Å². The summed E-state index contributed by atoms with van der Waals surface area (Å²) in [6, 6.07) is 2.66. The number of nitrogens with zero attached hydrogens (tertiary/aromatic N) is 2. The van der Waals surface area contributed by atoms with Crippen LogP contribution in [-0.4, -0.2) is 48.1 Å².